The first-order chi connectivity index (χ1) is 10.9. The van der Waals surface area contributed by atoms with Crippen LogP contribution in [0.4, 0.5) is 19.0 Å². The molecule has 0 atom stereocenters. The highest BCUT2D eigenvalue weighted by Crippen LogP contribution is 2.32. The van der Waals surface area contributed by atoms with Crippen molar-refractivity contribution >= 4 is 23.3 Å². The molecule has 2 heterocycles. The molecule has 0 aromatic carbocycles. The molecular weight excluding hydrogens is 333 g/mol. The number of anilines is 1. The van der Waals surface area contributed by atoms with Crippen molar-refractivity contribution < 1.29 is 18.0 Å². The van der Waals surface area contributed by atoms with E-state index in [9.17, 15) is 18.0 Å². The number of halogens is 4. The number of hydrogen-bond donors (Lipinski definition) is 2. The number of amides is 1. The largest absolute Gasteiger partial charge is 0.417 e. The van der Waals surface area contributed by atoms with Gasteiger partial charge in [-0.2, -0.15) is 13.2 Å². The van der Waals surface area contributed by atoms with Crippen LogP contribution in [0.3, 0.4) is 0 Å². The van der Waals surface area contributed by atoms with E-state index in [0.29, 0.717) is 11.8 Å². The highest BCUT2D eigenvalue weighted by atomic mass is 35.5. The lowest BCUT2D eigenvalue weighted by Crippen LogP contribution is -2.29. The Morgan fingerprint density at radius 2 is 2.04 bits per heavy atom. The summed E-state index contributed by atoms with van der Waals surface area (Å²) in [5, 5.41) is 5.25. The first kappa shape index (κ1) is 17.0. The quantitative estimate of drug-likeness (QED) is 0.818. The van der Waals surface area contributed by atoms with Crippen molar-refractivity contribution in [1.82, 2.24) is 15.3 Å². The fourth-order valence-corrected chi connectivity index (χ4v) is 1.91. The van der Waals surface area contributed by atoms with Gasteiger partial charge in [0.15, 0.2) is 0 Å². The fourth-order valence-electron chi connectivity index (χ4n) is 1.68. The number of nitrogens with one attached hydrogen (secondary N) is 2. The van der Waals surface area contributed by atoms with Gasteiger partial charge in [-0.1, -0.05) is 11.6 Å². The smallest absolute Gasteiger partial charge is 0.367 e. The average Bonchev–Trinajstić information content (AvgIpc) is 2.52. The Kier molecular flexibility index (Phi) is 5.38. The van der Waals surface area contributed by atoms with Gasteiger partial charge in [-0.3, -0.25) is 9.78 Å². The molecule has 0 fully saturated rings. The van der Waals surface area contributed by atoms with Gasteiger partial charge in [-0.05, 0) is 18.2 Å². The summed E-state index contributed by atoms with van der Waals surface area (Å²) < 4.78 is 37.5. The van der Waals surface area contributed by atoms with Crippen LogP contribution in [0.25, 0.3) is 0 Å². The van der Waals surface area contributed by atoms with Crippen molar-refractivity contribution in [3.05, 3.63) is 52.9 Å². The first-order valence-electron chi connectivity index (χ1n) is 6.53. The van der Waals surface area contributed by atoms with E-state index in [2.05, 4.69) is 20.6 Å². The Morgan fingerprint density at radius 3 is 2.65 bits per heavy atom. The van der Waals surface area contributed by atoms with Crippen molar-refractivity contribution in [2.24, 2.45) is 0 Å². The van der Waals surface area contributed by atoms with Crippen molar-refractivity contribution in [2.45, 2.75) is 6.18 Å². The summed E-state index contributed by atoms with van der Waals surface area (Å²) >= 11 is 5.75. The van der Waals surface area contributed by atoms with Gasteiger partial charge >= 0.3 is 6.18 Å². The van der Waals surface area contributed by atoms with E-state index in [4.69, 9.17) is 11.6 Å². The lowest BCUT2D eigenvalue weighted by Gasteiger charge is -2.11. The van der Waals surface area contributed by atoms with Gasteiger partial charge in [0.2, 0.25) is 0 Å². The van der Waals surface area contributed by atoms with Crippen LogP contribution >= 0.6 is 11.6 Å². The molecule has 2 N–H and O–H groups in total. The van der Waals surface area contributed by atoms with E-state index in [-0.39, 0.29) is 29.8 Å². The SMILES string of the molecule is O=C(NCCNc1ncc(C(F)(F)F)cc1Cl)c1cccnc1. The fraction of sp³-hybridized carbons (Fsp3) is 0.214. The Hall–Kier alpha value is -2.35. The van der Waals surface area contributed by atoms with Gasteiger partial charge < -0.3 is 10.6 Å². The molecule has 0 radical (unpaired) electrons. The predicted molar refractivity (Wildman–Crippen MR) is 79.3 cm³/mol. The zero-order valence-corrected chi connectivity index (χ0v) is 12.4. The van der Waals surface area contributed by atoms with Gasteiger partial charge in [0.1, 0.15) is 5.82 Å². The molecule has 5 nitrogen and oxygen atoms in total. The molecule has 2 aromatic heterocycles. The van der Waals surface area contributed by atoms with Crippen LogP contribution in [0.5, 0.6) is 0 Å². The lowest BCUT2D eigenvalue weighted by atomic mass is 10.2. The van der Waals surface area contributed by atoms with E-state index >= 15 is 0 Å². The molecular formula is C14H12ClF3N4O. The normalized spacial score (nSPS) is 11.1. The molecule has 122 valence electrons. The maximum absolute atomic E-state index is 12.5. The molecule has 0 bridgehead atoms. The Morgan fingerprint density at radius 1 is 1.26 bits per heavy atom. The minimum Gasteiger partial charge on any atom is -0.367 e. The second-order valence-electron chi connectivity index (χ2n) is 4.48. The maximum Gasteiger partial charge on any atom is 0.417 e. The van der Waals surface area contributed by atoms with Crippen molar-refractivity contribution in [1.29, 1.82) is 0 Å². The van der Waals surface area contributed by atoms with Gasteiger partial charge in [0.05, 0.1) is 16.1 Å². The Bertz CT molecular complexity index is 679. The summed E-state index contributed by atoms with van der Waals surface area (Å²) in [5.41, 5.74) is -0.504. The van der Waals surface area contributed by atoms with Crippen molar-refractivity contribution in [3.8, 4) is 0 Å². The van der Waals surface area contributed by atoms with Crippen LogP contribution in [0.1, 0.15) is 15.9 Å². The Labute approximate surface area is 134 Å². The van der Waals surface area contributed by atoms with Crippen LogP contribution in [0.2, 0.25) is 5.02 Å². The third-order valence-electron chi connectivity index (χ3n) is 2.80. The van der Waals surface area contributed by atoms with Crippen LogP contribution in [-0.2, 0) is 6.18 Å². The molecule has 0 saturated carbocycles. The number of pyridine rings is 2. The average molecular weight is 345 g/mol. The standard InChI is InChI=1S/C14H12ClF3N4O/c15-11-6-10(14(16,17)18)8-22-12(11)20-4-5-21-13(23)9-2-1-3-19-7-9/h1-3,6-8H,4-5H2,(H,20,22)(H,21,23). The van der Waals surface area contributed by atoms with E-state index in [0.717, 1.165) is 6.07 Å². The van der Waals surface area contributed by atoms with E-state index in [1.165, 1.54) is 6.20 Å². The number of nitrogens with zero attached hydrogens (tertiary/aromatic N) is 2. The van der Waals surface area contributed by atoms with Gasteiger partial charge in [0, 0.05) is 31.7 Å². The van der Waals surface area contributed by atoms with E-state index < -0.39 is 11.7 Å². The molecule has 2 aromatic rings. The summed E-state index contributed by atoms with van der Waals surface area (Å²) in [7, 11) is 0. The van der Waals surface area contributed by atoms with Gasteiger partial charge in [-0.15, -0.1) is 0 Å². The lowest BCUT2D eigenvalue weighted by molar-refractivity contribution is -0.137. The third-order valence-corrected chi connectivity index (χ3v) is 3.08. The zero-order chi connectivity index (χ0) is 16.9. The number of hydrogen-bond acceptors (Lipinski definition) is 4. The molecule has 0 aliphatic heterocycles. The second-order valence-corrected chi connectivity index (χ2v) is 4.88. The molecule has 2 rings (SSSR count). The van der Waals surface area contributed by atoms with Crippen LogP contribution in [0.15, 0.2) is 36.8 Å². The third kappa shape index (κ3) is 4.82. The molecule has 23 heavy (non-hydrogen) atoms. The topological polar surface area (TPSA) is 66.9 Å². The highest BCUT2D eigenvalue weighted by Gasteiger charge is 2.31. The minimum atomic E-state index is -4.49. The zero-order valence-electron chi connectivity index (χ0n) is 11.7. The summed E-state index contributed by atoms with van der Waals surface area (Å²) in [6, 6.07) is 4.05. The molecule has 0 unspecified atom stereocenters. The minimum absolute atomic E-state index is 0.121. The molecule has 1 amide bonds. The maximum atomic E-state index is 12.5. The predicted octanol–water partition coefficient (Wildman–Crippen LogP) is 2.99. The number of rotatable bonds is 5. The van der Waals surface area contributed by atoms with Gasteiger partial charge in [0.25, 0.3) is 5.91 Å². The number of carbonyl (C=O) groups excluding carboxylic acids is 1. The van der Waals surface area contributed by atoms with E-state index in [1.807, 2.05) is 0 Å². The van der Waals surface area contributed by atoms with Crippen LogP contribution in [0, 0.1) is 0 Å². The molecule has 0 aliphatic carbocycles. The van der Waals surface area contributed by atoms with Crippen molar-refractivity contribution in [3.63, 3.8) is 0 Å². The first-order valence-corrected chi connectivity index (χ1v) is 6.90. The summed E-state index contributed by atoms with van der Waals surface area (Å²) in [4.78, 5) is 19.2. The molecule has 0 spiro atoms. The Balaban J connectivity index is 1.84. The van der Waals surface area contributed by atoms with Crippen LogP contribution in [-0.4, -0.2) is 29.0 Å². The van der Waals surface area contributed by atoms with Gasteiger partial charge in [-0.25, -0.2) is 4.98 Å². The van der Waals surface area contributed by atoms with E-state index in [1.54, 1.807) is 18.3 Å². The monoisotopic (exact) mass is 344 g/mol. The summed E-state index contributed by atoms with van der Waals surface area (Å²) in [6.07, 6.45) is -0.817. The summed E-state index contributed by atoms with van der Waals surface area (Å²) in [6.45, 7) is 0.497. The molecule has 0 saturated heterocycles. The summed E-state index contributed by atoms with van der Waals surface area (Å²) in [5.74, 6) is -0.179. The molecule has 9 heteroatoms. The highest BCUT2D eigenvalue weighted by molar-refractivity contribution is 6.32. The number of carbonyl (C=O) groups is 1. The number of aromatic nitrogens is 2. The molecule has 0 aliphatic rings. The second kappa shape index (κ2) is 7.28. The van der Waals surface area contributed by atoms with Crippen molar-refractivity contribution in [2.75, 3.05) is 18.4 Å². The number of alkyl halides is 3. The van der Waals surface area contributed by atoms with Crippen LogP contribution < -0.4 is 10.6 Å².